The van der Waals surface area contributed by atoms with Crippen LogP contribution >= 0.6 is 0 Å². The SMILES string of the molecule is CCOC(=O)c1c(OC)cc(/C=C2/C(C)=C(CC(=O)NCc3ccco3)c3cc(F)ccc32)cc1OC.COc1ccc2c(c1)C(CC(=O)NC1CCN(C)C1)=C(C)/C2=C/c1cc(OC)c(S(N)(=O)=O)c(OC)c1.COc1ccc2c(c1)C(CC(=O)NCc1cccn1C)=C(C)/C2=C/c1cc(OC)c(OC)c(OC)c1.COc1ccc2c(c1)C(CC(=O)NCc1cnccc1C)=C(C)/C2=C/c1cc(OC)c(NC(N)=O)c(OC)c1. The minimum atomic E-state index is -4.08. The zero-order valence-electron chi connectivity index (χ0n) is 87.2. The molecule has 0 radical (unpaired) electrons. The van der Waals surface area contributed by atoms with Crippen molar-refractivity contribution in [3.8, 4) is 69.0 Å². The number of nitrogens with zero attached hydrogens (tertiary/aromatic N) is 3. The van der Waals surface area contributed by atoms with Crippen LogP contribution < -0.4 is 94.3 Å². The molecule has 1 atom stereocenters. The monoisotopic (exact) mass is 2050 g/mol. The largest absolute Gasteiger partial charge is 0.497 e. The van der Waals surface area contributed by atoms with Crippen LogP contribution in [-0.4, -0.2) is 177 Å². The first kappa shape index (κ1) is 110. The zero-order valence-corrected chi connectivity index (χ0v) is 88.0. The van der Waals surface area contributed by atoms with Crippen LogP contribution in [-0.2, 0) is 60.6 Å². The molecule has 5 aliphatic rings. The number of nitrogens with two attached hydrogens (primary N) is 2. The molecule has 11 aromatic rings. The predicted octanol–water partition coefficient (Wildman–Crippen LogP) is 18.6. The Bertz CT molecular complexity index is 7250. The van der Waals surface area contributed by atoms with Crippen LogP contribution in [0.25, 0.3) is 68.9 Å². The number of likely N-dealkylation sites (tertiary alicyclic amines) is 1. The number of benzene rings is 8. The number of allylic oxidation sites excluding steroid dienone is 8. The Labute approximate surface area is 866 Å². The summed E-state index contributed by atoms with van der Waals surface area (Å²) in [5, 5.41) is 20.0. The van der Waals surface area contributed by atoms with Crippen molar-refractivity contribution < 1.29 is 108 Å². The quantitative estimate of drug-likeness (QED) is 0.0181. The van der Waals surface area contributed by atoms with E-state index < -0.39 is 22.0 Å². The van der Waals surface area contributed by atoms with E-state index in [0.29, 0.717) is 93.0 Å². The number of primary amides is 1. The van der Waals surface area contributed by atoms with E-state index in [1.165, 1.54) is 54.8 Å². The number of pyridine rings is 1. The number of likely N-dealkylation sites (N-methyl/N-ethyl adjacent to an activating group) is 1. The summed E-state index contributed by atoms with van der Waals surface area (Å²) >= 11 is 0. The summed E-state index contributed by atoms with van der Waals surface area (Å²) in [5.41, 5.74) is 30.5. The number of carbonyl (C=O) groups excluding carboxylic acids is 6. The first-order valence-electron chi connectivity index (χ1n) is 47.7. The summed E-state index contributed by atoms with van der Waals surface area (Å²) < 4.78 is 117. The number of hydrogen-bond donors (Lipinski definition) is 7. The molecule has 9 N–H and O–H groups in total. The molecule has 4 aliphatic carbocycles. The Morgan fingerprint density at radius 3 is 1.26 bits per heavy atom. The lowest BCUT2D eigenvalue weighted by Crippen LogP contribution is -2.36. The molecule has 0 saturated carbocycles. The minimum Gasteiger partial charge on any atom is -0.497 e. The number of primary sulfonamides is 1. The summed E-state index contributed by atoms with van der Waals surface area (Å²) in [7, 11) is 18.3. The van der Waals surface area contributed by atoms with Crippen molar-refractivity contribution in [2.45, 2.75) is 104 Å². The lowest BCUT2D eigenvalue weighted by atomic mass is 9.99. The highest BCUT2D eigenvalue weighted by Gasteiger charge is 2.35. The molecule has 0 bridgehead atoms. The third kappa shape index (κ3) is 25.7. The second-order valence-electron chi connectivity index (χ2n) is 35.5. The maximum atomic E-state index is 14.2. The van der Waals surface area contributed by atoms with Crippen molar-refractivity contribution in [3.05, 3.63) is 300 Å². The number of aryl methyl sites for hydroxylation is 2. The second kappa shape index (κ2) is 49.5. The molecule has 8 aromatic carbocycles. The molecule has 1 unspecified atom stereocenters. The number of esters is 1. The molecular weight excluding hydrogens is 1920 g/mol. The number of aromatic nitrogens is 2. The van der Waals surface area contributed by atoms with E-state index in [0.717, 1.165) is 159 Å². The number of methoxy groups -OCH3 is 12. The Hall–Kier alpha value is -16.6. The van der Waals surface area contributed by atoms with Crippen LogP contribution in [0.5, 0.6) is 69.0 Å². The third-order valence-corrected chi connectivity index (χ3v) is 27.3. The van der Waals surface area contributed by atoms with Gasteiger partial charge in [-0.25, -0.2) is 27.5 Å². The lowest BCUT2D eigenvalue weighted by molar-refractivity contribution is -0.121. The Balaban J connectivity index is 0.000000166. The van der Waals surface area contributed by atoms with Crippen LogP contribution in [0.2, 0.25) is 0 Å². The van der Waals surface area contributed by atoms with Crippen molar-refractivity contribution in [2.75, 3.05) is 117 Å². The summed E-state index contributed by atoms with van der Waals surface area (Å²) in [4.78, 5) is 81.9. The van der Waals surface area contributed by atoms with Gasteiger partial charge in [0.2, 0.25) is 39.4 Å². The van der Waals surface area contributed by atoms with Gasteiger partial charge in [-0.1, -0.05) is 24.3 Å². The van der Waals surface area contributed by atoms with E-state index in [1.54, 1.807) is 123 Å². The normalized spacial score (nSPS) is 14.7. The number of hydrogen-bond acceptors (Lipinski definition) is 24. The Morgan fingerprint density at radius 1 is 0.470 bits per heavy atom. The molecule has 4 heterocycles. The molecule has 32 nitrogen and oxygen atoms in total. The summed E-state index contributed by atoms with van der Waals surface area (Å²) in [5.74, 6) is 4.81. The standard InChI is InChI=1S/C30H32N4O5.C29H28FNO6.C29H32N2O5.C27H33N3O6S/c1-17-8-9-32-15-20(17)16-33-28(35)14-24-18(2)23(22-7-6-21(37-3)13-25(22)24)10-19-11-26(38-4)29(34-30(31)36)27(12-19)39-5;1-5-36-29(33)28-25(34-3)12-18(13-26(28)35-4)11-22-17(2)23(24-14-19(30)8-9-21(22)24)15-27(32)31-16-20-7-6-10-37-20;1-18-23(12-19-13-26(34-4)29(36-6)27(14-19)35-5)22-10-9-21(33-3)15-25(22)24(18)16-28(32)30-17-20-8-7-11-31(20)2;1-16-21(10-17-11-24(35-4)27(37(28,32)33)25(12-17)36-5)20-7-6-19(34-3)13-23(20)22(16)14-26(31)29-18-8-9-30(2)15-18/h6-13,15H,14,16H2,1-5H3,(H,33,35)(H3,31,34,36);6-14H,5,15-16H2,1-4H3,(H,31,32);7-15H,16-17H2,1-6H3,(H,30,32);6-7,10-13,18H,8-9,14-15H2,1-5H3,(H,29,31)(H2,28,32,33)/b23-10-;22-11-;23-12-;21-10-. The maximum Gasteiger partial charge on any atom is 0.345 e. The van der Waals surface area contributed by atoms with E-state index in [4.69, 9.17) is 76.9 Å². The fourth-order valence-electron chi connectivity index (χ4n) is 18.6. The van der Waals surface area contributed by atoms with Gasteiger partial charge >= 0.3 is 12.0 Å². The van der Waals surface area contributed by atoms with Gasteiger partial charge in [-0.15, -0.1) is 0 Å². The molecule has 0 spiro atoms. The summed E-state index contributed by atoms with van der Waals surface area (Å²) in [6.07, 6.45) is 16.7. The van der Waals surface area contributed by atoms with Gasteiger partial charge in [-0.3, -0.25) is 24.2 Å². The Morgan fingerprint density at radius 2 is 0.879 bits per heavy atom. The molecule has 34 heteroatoms. The summed E-state index contributed by atoms with van der Waals surface area (Å²) in [6.45, 7) is 14.8. The first-order chi connectivity index (χ1) is 71.5. The first-order valence-corrected chi connectivity index (χ1v) is 49.3. The fraction of sp³-hybridized carbons (Fsp3) is 0.278. The molecule has 1 fully saturated rings. The van der Waals surface area contributed by atoms with Crippen LogP contribution in [0.4, 0.5) is 14.9 Å². The molecular formula is C115H125FN10O22S. The van der Waals surface area contributed by atoms with E-state index >= 15 is 0 Å². The number of halogens is 1. The highest BCUT2D eigenvalue weighted by molar-refractivity contribution is 7.89. The van der Waals surface area contributed by atoms with Gasteiger partial charge in [0.1, 0.15) is 74.6 Å². The van der Waals surface area contributed by atoms with Gasteiger partial charge in [-0.2, -0.15) is 0 Å². The van der Waals surface area contributed by atoms with Gasteiger partial charge in [-0.05, 0) is 358 Å². The van der Waals surface area contributed by atoms with Crippen molar-refractivity contribution in [3.63, 3.8) is 0 Å². The fourth-order valence-corrected chi connectivity index (χ4v) is 19.5. The molecule has 1 saturated heterocycles. The zero-order chi connectivity index (χ0) is 107. The van der Waals surface area contributed by atoms with Crippen molar-refractivity contribution >= 4 is 120 Å². The second-order valence-corrected chi connectivity index (χ2v) is 37.0. The average Bonchev–Trinajstić information content (AvgIpc) is 1.63. The molecule has 149 heavy (non-hydrogen) atoms. The van der Waals surface area contributed by atoms with E-state index in [-0.39, 0.29) is 96.3 Å². The number of carbonyl (C=O) groups is 6. The number of urea groups is 1. The van der Waals surface area contributed by atoms with Crippen LogP contribution in [0.1, 0.15) is 166 Å². The van der Waals surface area contributed by atoms with Crippen molar-refractivity contribution in [2.24, 2.45) is 17.9 Å². The molecule has 16 rings (SSSR count). The number of fused-ring (bicyclic) bond motifs is 4. The van der Waals surface area contributed by atoms with Crippen molar-refractivity contribution in [1.82, 2.24) is 35.7 Å². The molecule has 1 aliphatic heterocycles. The van der Waals surface area contributed by atoms with Crippen LogP contribution in [0.15, 0.2) is 208 Å². The number of furan rings is 1. The highest BCUT2D eigenvalue weighted by Crippen LogP contribution is 2.52. The van der Waals surface area contributed by atoms with E-state index in [2.05, 4.69) is 56.5 Å². The number of sulfonamides is 1. The maximum absolute atomic E-state index is 14.2. The minimum absolute atomic E-state index is 0.0227. The predicted molar refractivity (Wildman–Crippen MR) is 574 cm³/mol. The van der Waals surface area contributed by atoms with Crippen LogP contribution in [0, 0.1) is 12.7 Å². The van der Waals surface area contributed by atoms with E-state index in [1.807, 2.05) is 149 Å². The average molecular weight is 2050 g/mol. The van der Waals surface area contributed by atoms with Crippen molar-refractivity contribution in [1.29, 1.82) is 0 Å². The lowest BCUT2D eigenvalue weighted by Gasteiger charge is -2.15. The van der Waals surface area contributed by atoms with Gasteiger partial charge in [0.25, 0.3) is 0 Å². The number of amides is 6. The smallest absolute Gasteiger partial charge is 0.345 e. The van der Waals surface area contributed by atoms with Gasteiger partial charge < -0.3 is 108 Å². The van der Waals surface area contributed by atoms with Gasteiger partial charge in [0, 0.05) is 50.5 Å². The third-order valence-electron chi connectivity index (χ3n) is 26.3. The van der Waals surface area contributed by atoms with Gasteiger partial charge in [0.05, 0.1) is 137 Å². The molecule has 6 amide bonds. The number of ether oxygens (including phenoxy) is 13. The Kier molecular flexibility index (Phi) is 36.4. The topological polar surface area (TPSA) is 403 Å². The highest BCUT2D eigenvalue weighted by atomic mass is 32.2. The number of rotatable bonds is 35. The van der Waals surface area contributed by atoms with E-state index in [9.17, 15) is 41.6 Å². The number of anilines is 1. The molecule has 780 valence electrons. The molecule has 3 aromatic heterocycles. The van der Waals surface area contributed by atoms with Gasteiger partial charge in [0.15, 0.2) is 16.4 Å². The number of nitrogens with one attached hydrogen (secondary N) is 5. The summed E-state index contributed by atoms with van der Waals surface area (Å²) in [6, 6.07) is 45.0. The van der Waals surface area contributed by atoms with Crippen LogP contribution in [0.3, 0.4) is 0 Å².